The second kappa shape index (κ2) is 11.1. The van der Waals surface area contributed by atoms with E-state index in [1.165, 1.54) is 32.1 Å². The van der Waals surface area contributed by atoms with Gasteiger partial charge in [-0.2, -0.15) is 0 Å². The maximum Gasteiger partial charge on any atom is 0.206 e. The molecule has 43 heavy (non-hydrogen) atoms. The maximum absolute atomic E-state index is 15.1. The highest BCUT2D eigenvalue weighted by molar-refractivity contribution is 5.87. The number of benzene rings is 4. The van der Waals surface area contributed by atoms with Crippen molar-refractivity contribution in [3.63, 3.8) is 0 Å². The Kier molecular flexibility index (Phi) is 7.07. The van der Waals surface area contributed by atoms with E-state index >= 15 is 4.79 Å². The number of carbonyl (C=O) groups excluding carboxylic acids is 1. The summed E-state index contributed by atoms with van der Waals surface area (Å²) in [6.45, 7) is 0.876. The van der Waals surface area contributed by atoms with E-state index < -0.39 is 0 Å². The zero-order chi connectivity index (χ0) is 29.7. The molecule has 4 aromatic carbocycles. The van der Waals surface area contributed by atoms with Crippen LogP contribution in [0.15, 0.2) is 97.1 Å². The fourth-order valence-corrected chi connectivity index (χ4v) is 8.18. The van der Waals surface area contributed by atoms with E-state index in [-0.39, 0.29) is 36.0 Å². The summed E-state index contributed by atoms with van der Waals surface area (Å²) in [4.78, 5) is 18.0. The van der Waals surface area contributed by atoms with Crippen LogP contribution in [0.25, 0.3) is 0 Å². The van der Waals surface area contributed by atoms with E-state index in [0.29, 0.717) is 5.78 Å². The third-order valence-corrected chi connectivity index (χ3v) is 10.00. The van der Waals surface area contributed by atoms with Gasteiger partial charge in [-0.3, -0.25) is 14.6 Å². The first-order chi connectivity index (χ1) is 21.1. The SMILES string of the molecule is COc1ccc([C@@H]2C3C(=O)C4[C@H](c5ccc(OC)cc5)[NH+]2C[NH+]([C@@H]3c2ccc(OC)cc2)[C@H]4c2ccc(OC)cc2)cc1. The normalized spacial score (nSPS) is 28.9. The van der Waals surface area contributed by atoms with E-state index in [1.54, 1.807) is 28.4 Å². The number of hydrogen-bond acceptors (Lipinski definition) is 5. The molecule has 6 atom stereocenters. The topological polar surface area (TPSA) is 62.9 Å². The zero-order valence-corrected chi connectivity index (χ0v) is 25.0. The van der Waals surface area contributed by atoms with Gasteiger partial charge in [0.2, 0.25) is 6.67 Å². The molecule has 7 nitrogen and oxygen atoms in total. The number of ether oxygens (including phenoxy) is 4. The molecule has 8 rings (SSSR count). The van der Waals surface area contributed by atoms with Crippen LogP contribution < -0.4 is 28.7 Å². The summed E-state index contributed by atoms with van der Waals surface area (Å²) in [5.74, 6) is 3.26. The van der Waals surface area contributed by atoms with Crippen LogP contribution in [-0.2, 0) is 4.79 Å². The molecule has 0 saturated carbocycles. The van der Waals surface area contributed by atoms with E-state index in [0.717, 1.165) is 29.7 Å². The Morgan fingerprint density at radius 3 is 0.884 bits per heavy atom. The quantitative estimate of drug-likeness (QED) is 0.335. The Labute approximate surface area is 252 Å². The van der Waals surface area contributed by atoms with E-state index in [4.69, 9.17) is 18.9 Å². The summed E-state index contributed by atoms with van der Waals surface area (Å²) >= 11 is 0. The molecule has 4 bridgehead atoms. The van der Waals surface area contributed by atoms with E-state index in [1.807, 2.05) is 48.5 Å². The van der Waals surface area contributed by atoms with Crippen LogP contribution >= 0.6 is 0 Å². The third kappa shape index (κ3) is 4.46. The second-order valence-corrected chi connectivity index (χ2v) is 11.8. The lowest BCUT2D eigenvalue weighted by Gasteiger charge is -2.61. The molecule has 0 spiro atoms. The summed E-state index contributed by atoms with van der Waals surface area (Å²) in [7, 11) is 6.74. The van der Waals surface area contributed by atoms with Crippen LogP contribution in [0.4, 0.5) is 0 Å². The predicted molar refractivity (Wildman–Crippen MR) is 162 cm³/mol. The van der Waals surface area contributed by atoms with Crippen molar-refractivity contribution in [2.45, 2.75) is 24.2 Å². The smallest absolute Gasteiger partial charge is 0.206 e. The number of ketones is 1. The Hall–Kier alpha value is -4.33. The highest BCUT2D eigenvalue weighted by atomic mass is 16.5. The summed E-state index contributed by atoms with van der Waals surface area (Å²) in [5, 5.41) is 0. The molecular weight excluding hydrogens is 540 g/mol. The Balaban J connectivity index is 1.41. The summed E-state index contributed by atoms with van der Waals surface area (Å²) < 4.78 is 22.0. The van der Waals surface area contributed by atoms with Gasteiger partial charge in [0.15, 0.2) is 5.78 Å². The lowest BCUT2D eigenvalue weighted by Crippen LogP contribution is -3.39. The lowest BCUT2D eigenvalue weighted by molar-refractivity contribution is -1.19. The van der Waals surface area contributed by atoms with Gasteiger partial charge < -0.3 is 18.9 Å². The molecule has 220 valence electrons. The van der Waals surface area contributed by atoms with Crippen LogP contribution in [0.2, 0.25) is 0 Å². The molecular formula is C36H38N2O5+2. The molecule has 0 radical (unpaired) electrons. The van der Waals surface area contributed by atoms with Gasteiger partial charge in [0.25, 0.3) is 0 Å². The number of piperidine rings is 2. The van der Waals surface area contributed by atoms with Crippen molar-refractivity contribution in [1.82, 2.24) is 0 Å². The van der Waals surface area contributed by atoms with Gasteiger partial charge in [-0.1, -0.05) is 0 Å². The first kappa shape index (κ1) is 27.5. The summed E-state index contributed by atoms with van der Waals surface area (Å²) in [5.41, 5.74) is 4.69. The predicted octanol–water partition coefficient (Wildman–Crippen LogP) is 3.56. The van der Waals surface area contributed by atoms with Crippen molar-refractivity contribution in [1.29, 1.82) is 0 Å². The standard InChI is InChI=1S/C36H36N2O5/c1-40-26-13-5-22(6-14-26)32-30-33(23-7-15-27(41-2)16-8-23)38-21-37(32)34(24-9-17-28(42-3)18-10-24)31(36(30)39)35(38)25-11-19-29(43-4)20-12-25/h5-20,30-35H,21H2,1-4H3/p+2/t30?,31?,32-,33-,34+,35+. The van der Waals surface area contributed by atoms with Gasteiger partial charge in [-0.05, 0) is 97.1 Å². The highest BCUT2D eigenvalue weighted by Crippen LogP contribution is 2.49. The molecule has 4 aliphatic heterocycles. The van der Waals surface area contributed by atoms with Crippen molar-refractivity contribution < 1.29 is 33.5 Å². The number of Topliss-reactive ketones (excluding diaryl/α,β-unsaturated/α-hetero) is 1. The second-order valence-electron chi connectivity index (χ2n) is 11.8. The summed E-state index contributed by atoms with van der Waals surface area (Å²) in [6, 6.07) is 33.3. The van der Waals surface area contributed by atoms with Crippen molar-refractivity contribution in [2.24, 2.45) is 11.8 Å². The molecule has 4 aromatic rings. The van der Waals surface area contributed by atoms with Crippen molar-refractivity contribution in [2.75, 3.05) is 35.1 Å². The Morgan fingerprint density at radius 2 is 0.674 bits per heavy atom. The van der Waals surface area contributed by atoms with Gasteiger partial charge in [-0.25, -0.2) is 0 Å². The molecule has 0 amide bonds. The van der Waals surface area contributed by atoms with Crippen molar-refractivity contribution in [3.8, 4) is 23.0 Å². The number of quaternary nitrogens is 2. The van der Waals surface area contributed by atoms with Gasteiger partial charge >= 0.3 is 0 Å². The molecule has 7 heteroatoms. The Bertz CT molecular complexity index is 1360. The van der Waals surface area contributed by atoms with Crippen LogP contribution in [-0.4, -0.2) is 40.9 Å². The molecule has 4 saturated heterocycles. The first-order valence-corrected chi connectivity index (χ1v) is 14.9. The molecule has 2 N–H and O–H groups in total. The fraction of sp³-hybridized carbons (Fsp3) is 0.306. The molecule has 0 aromatic heterocycles. The zero-order valence-electron chi connectivity index (χ0n) is 25.0. The molecule has 2 unspecified atom stereocenters. The molecule has 4 fully saturated rings. The average Bonchev–Trinajstić information content (AvgIpc) is 3.07. The number of nitrogens with one attached hydrogen (secondary N) is 2. The number of carbonyl (C=O) groups is 1. The lowest BCUT2D eigenvalue weighted by atomic mass is 9.60. The van der Waals surface area contributed by atoms with Crippen LogP contribution in [0, 0.1) is 11.8 Å². The summed E-state index contributed by atoms with van der Waals surface area (Å²) in [6.07, 6.45) is 0. The first-order valence-electron chi connectivity index (χ1n) is 14.9. The molecule has 4 heterocycles. The number of hydrogen-bond donors (Lipinski definition) is 2. The van der Waals surface area contributed by atoms with Gasteiger partial charge in [-0.15, -0.1) is 0 Å². The van der Waals surface area contributed by atoms with E-state index in [9.17, 15) is 0 Å². The number of methoxy groups -OCH3 is 4. The molecule has 0 aliphatic carbocycles. The largest absolute Gasteiger partial charge is 0.497 e. The third-order valence-electron chi connectivity index (χ3n) is 10.00. The van der Waals surface area contributed by atoms with E-state index in [2.05, 4.69) is 48.5 Å². The van der Waals surface area contributed by atoms with Gasteiger partial charge in [0.05, 0.1) is 28.4 Å². The van der Waals surface area contributed by atoms with Crippen molar-refractivity contribution in [3.05, 3.63) is 119 Å². The minimum Gasteiger partial charge on any atom is -0.497 e. The van der Waals surface area contributed by atoms with Crippen LogP contribution in [0.1, 0.15) is 46.4 Å². The van der Waals surface area contributed by atoms with Gasteiger partial charge in [0, 0.05) is 22.3 Å². The minimum atomic E-state index is -0.172. The minimum absolute atomic E-state index is 0.00873. The van der Waals surface area contributed by atoms with Crippen molar-refractivity contribution >= 4 is 5.78 Å². The fourth-order valence-electron chi connectivity index (χ4n) is 8.18. The Morgan fingerprint density at radius 1 is 0.442 bits per heavy atom. The average molecular weight is 579 g/mol. The monoisotopic (exact) mass is 578 g/mol. The highest BCUT2D eigenvalue weighted by Gasteiger charge is 2.71. The molecule has 4 aliphatic rings. The van der Waals surface area contributed by atoms with Crippen LogP contribution in [0.5, 0.6) is 23.0 Å². The maximum atomic E-state index is 15.1. The number of rotatable bonds is 8. The van der Waals surface area contributed by atoms with Gasteiger partial charge in [0.1, 0.15) is 59.0 Å². The van der Waals surface area contributed by atoms with Crippen LogP contribution in [0.3, 0.4) is 0 Å².